The third-order valence-electron chi connectivity index (χ3n) is 3.27. The zero-order valence-electron chi connectivity index (χ0n) is 13.5. The maximum Gasteiger partial charge on any atom is 0.227 e. The summed E-state index contributed by atoms with van der Waals surface area (Å²) in [6.45, 7) is 7.23. The van der Waals surface area contributed by atoms with E-state index in [0.29, 0.717) is 13.1 Å². The topological polar surface area (TPSA) is 23.6 Å². The van der Waals surface area contributed by atoms with Gasteiger partial charge in [0.25, 0.3) is 0 Å². The molecule has 3 nitrogen and oxygen atoms in total. The van der Waals surface area contributed by atoms with Gasteiger partial charge in [0.2, 0.25) is 5.91 Å². The number of carbonyl (C=O) groups excluding carboxylic acids is 1. The van der Waals surface area contributed by atoms with Crippen molar-refractivity contribution < 1.29 is 4.79 Å². The van der Waals surface area contributed by atoms with Crippen molar-refractivity contribution in [1.82, 2.24) is 9.80 Å². The highest BCUT2D eigenvalue weighted by Crippen LogP contribution is 2.22. The van der Waals surface area contributed by atoms with Gasteiger partial charge in [-0.2, -0.15) is 0 Å². The van der Waals surface area contributed by atoms with Crippen molar-refractivity contribution >= 4 is 20.5 Å². The second-order valence-electron chi connectivity index (χ2n) is 6.65. The van der Waals surface area contributed by atoms with Crippen LogP contribution in [0, 0.1) is 0 Å². The maximum atomic E-state index is 12.2. The van der Waals surface area contributed by atoms with Gasteiger partial charge in [0.15, 0.2) is 0 Å². The number of likely N-dealkylation sites (N-methyl/N-ethyl adjacent to an activating group) is 1. The number of amides is 1. The highest BCUT2D eigenvalue weighted by Gasteiger charge is 2.16. The molecule has 0 fully saturated rings. The van der Waals surface area contributed by atoms with E-state index in [1.807, 2.05) is 26.0 Å². The van der Waals surface area contributed by atoms with E-state index >= 15 is 0 Å². The highest BCUT2D eigenvalue weighted by atomic mass is 31.0. The molecule has 0 saturated heterocycles. The van der Waals surface area contributed by atoms with Crippen LogP contribution in [0.25, 0.3) is 0 Å². The van der Waals surface area contributed by atoms with Crippen molar-refractivity contribution in [3.63, 3.8) is 0 Å². The summed E-state index contributed by atoms with van der Waals surface area (Å²) in [6.07, 6.45) is 0.452. The molecule has 1 rings (SSSR count). The first-order chi connectivity index (χ1) is 9.11. The van der Waals surface area contributed by atoms with Gasteiger partial charge in [0.05, 0.1) is 13.1 Å². The Kier molecular flexibility index (Phi) is 5.73. The van der Waals surface area contributed by atoms with Gasteiger partial charge in [-0.15, -0.1) is 9.24 Å². The standard InChI is InChI=1S/C16H27N2OP/c1-16(2,3)13-8-7-12(14(20)10-13)9-15(19)18(6)11-17(4)5/h7-8,10H,9,11,20H2,1-6H3. The van der Waals surface area contributed by atoms with Crippen LogP contribution in [-0.2, 0) is 16.6 Å². The van der Waals surface area contributed by atoms with E-state index in [0.717, 1.165) is 10.9 Å². The Morgan fingerprint density at radius 2 is 1.80 bits per heavy atom. The second-order valence-corrected chi connectivity index (χ2v) is 7.28. The number of rotatable bonds is 4. The van der Waals surface area contributed by atoms with Crippen LogP contribution in [0.2, 0.25) is 0 Å². The highest BCUT2D eigenvalue weighted by molar-refractivity contribution is 7.27. The largest absolute Gasteiger partial charge is 0.332 e. The summed E-state index contributed by atoms with van der Waals surface area (Å²) < 4.78 is 0. The van der Waals surface area contributed by atoms with E-state index in [4.69, 9.17) is 0 Å². The minimum Gasteiger partial charge on any atom is -0.332 e. The monoisotopic (exact) mass is 294 g/mol. The summed E-state index contributed by atoms with van der Waals surface area (Å²) >= 11 is 0. The molecule has 1 amide bonds. The summed E-state index contributed by atoms with van der Waals surface area (Å²) in [5, 5.41) is 1.11. The van der Waals surface area contributed by atoms with E-state index in [2.05, 4.69) is 48.2 Å². The third kappa shape index (κ3) is 4.88. The van der Waals surface area contributed by atoms with Gasteiger partial charge in [0, 0.05) is 7.05 Å². The molecule has 0 bridgehead atoms. The van der Waals surface area contributed by atoms with Crippen LogP contribution in [0.1, 0.15) is 31.9 Å². The number of nitrogens with zero attached hydrogens (tertiary/aromatic N) is 2. The maximum absolute atomic E-state index is 12.2. The van der Waals surface area contributed by atoms with Crippen molar-refractivity contribution in [1.29, 1.82) is 0 Å². The van der Waals surface area contributed by atoms with Crippen LogP contribution in [-0.4, -0.2) is 43.5 Å². The summed E-state index contributed by atoms with van der Waals surface area (Å²) in [7, 11) is 8.52. The van der Waals surface area contributed by atoms with Gasteiger partial charge < -0.3 is 4.90 Å². The first kappa shape index (κ1) is 17.1. The first-order valence-electron chi connectivity index (χ1n) is 6.89. The molecular weight excluding hydrogens is 267 g/mol. The Morgan fingerprint density at radius 3 is 2.25 bits per heavy atom. The Bertz CT molecular complexity index is 478. The van der Waals surface area contributed by atoms with Crippen LogP contribution >= 0.6 is 9.24 Å². The van der Waals surface area contributed by atoms with Crippen LogP contribution < -0.4 is 5.30 Å². The molecule has 0 saturated carbocycles. The van der Waals surface area contributed by atoms with Crippen LogP contribution in [0.3, 0.4) is 0 Å². The van der Waals surface area contributed by atoms with Crippen molar-refractivity contribution in [2.75, 3.05) is 27.8 Å². The average molecular weight is 294 g/mol. The predicted molar refractivity (Wildman–Crippen MR) is 89.5 cm³/mol. The van der Waals surface area contributed by atoms with E-state index in [1.54, 1.807) is 4.90 Å². The van der Waals surface area contributed by atoms with Crippen LogP contribution in [0.15, 0.2) is 18.2 Å². The molecular formula is C16H27N2OP. The van der Waals surface area contributed by atoms with Gasteiger partial charge in [-0.1, -0.05) is 39.0 Å². The number of hydrogen-bond acceptors (Lipinski definition) is 2. The predicted octanol–water partition coefficient (Wildman–Crippen LogP) is 2.00. The molecule has 0 spiro atoms. The quantitative estimate of drug-likeness (QED) is 0.626. The molecule has 1 aromatic carbocycles. The van der Waals surface area contributed by atoms with E-state index in [-0.39, 0.29) is 11.3 Å². The van der Waals surface area contributed by atoms with Crippen molar-refractivity contribution in [2.45, 2.75) is 32.6 Å². The van der Waals surface area contributed by atoms with Gasteiger partial charge in [-0.25, -0.2) is 0 Å². The molecule has 4 heteroatoms. The zero-order chi connectivity index (χ0) is 15.5. The molecule has 0 aliphatic carbocycles. The summed E-state index contributed by atoms with van der Waals surface area (Å²) in [4.78, 5) is 15.9. The smallest absolute Gasteiger partial charge is 0.227 e. The van der Waals surface area contributed by atoms with Crippen molar-refractivity contribution in [3.8, 4) is 0 Å². The van der Waals surface area contributed by atoms with Gasteiger partial charge >= 0.3 is 0 Å². The number of benzene rings is 1. The van der Waals surface area contributed by atoms with Gasteiger partial charge in [0.1, 0.15) is 0 Å². The van der Waals surface area contributed by atoms with E-state index in [9.17, 15) is 4.79 Å². The third-order valence-corrected chi connectivity index (χ3v) is 3.81. The average Bonchev–Trinajstić information content (AvgIpc) is 2.29. The molecule has 1 aromatic rings. The normalized spacial score (nSPS) is 11.8. The fraction of sp³-hybridized carbons (Fsp3) is 0.562. The fourth-order valence-corrected chi connectivity index (χ4v) is 2.40. The number of hydrogen-bond donors (Lipinski definition) is 0. The van der Waals surface area contributed by atoms with Crippen molar-refractivity contribution in [2.24, 2.45) is 0 Å². The minimum atomic E-state index is 0.134. The van der Waals surface area contributed by atoms with Gasteiger partial charge in [-0.3, -0.25) is 9.69 Å². The zero-order valence-corrected chi connectivity index (χ0v) is 14.7. The van der Waals surface area contributed by atoms with E-state index in [1.165, 1.54) is 5.56 Å². The van der Waals surface area contributed by atoms with Crippen LogP contribution in [0.4, 0.5) is 0 Å². The van der Waals surface area contributed by atoms with Crippen molar-refractivity contribution in [3.05, 3.63) is 29.3 Å². The fourth-order valence-electron chi connectivity index (χ4n) is 2.02. The Balaban J connectivity index is 2.81. The molecule has 1 atom stereocenters. The molecule has 0 heterocycles. The summed E-state index contributed by atoms with van der Waals surface area (Å²) in [6, 6.07) is 6.37. The lowest BCUT2D eigenvalue weighted by atomic mass is 9.86. The first-order valence-corrected chi connectivity index (χ1v) is 7.46. The Morgan fingerprint density at radius 1 is 1.20 bits per heavy atom. The molecule has 112 valence electrons. The molecule has 0 aromatic heterocycles. The lowest BCUT2D eigenvalue weighted by Gasteiger charge is -2.23. The second kappa shape index (κ2) is 6.69. The molecule has 0 aliphatic heterocycles. The van der Waals surface area contributed by atoms with Gasteiger partial charge in [-0.05, 0) is 35.9 Å². The molecule has 1 unspecified atom stereocenters. The number of carbonyl (C=O) groups is 1. The summed E-state index contributed by atoms with van der Waals surface area (Å²) in [5.41, 5.74) is 2.51. The summed E-state index contributed by atoms with van der Waals surface area (Å²) in [5.74, 6) is 0.144. The lowest BCUT2D eigenvalue weighted by Crippen LogP contribution is -2.36. The lowest BCUT2D eigenvalue weighted by molar-refractivity contribution is -0.130. The SMILES string of the molecule is CN(C)CN(C)C(=O)Cc1ccc(C(C)(C)C)cc1P. The molecule has 20 heavy (non-hydrogen) atoms. The molecule has 0 radical (unpaired) electrons. The van der Waals surface area contributed by atoms with Crippen LogP contribution in [0.5, 0.6) is 0 Å². The molecule has 0 aliphatic rings. The Hall–Kier alpha value is -0.920. The minimum absolute atomic E-state index is 0.134. The molecule has 0 N–H and O–H groups in total. The van der Waals surface area contributed by atoms with E-state index < -0.39 is 0 Å². The Labute approximate surface area is 125 Å².